The highest BCUT2D eigenvalue weighted by Crippen LogP contribution is 2.15. The van der Waals surface area contributed by atoms with Gasteiger partial charge < -0.3 is 27.4 Å². The molecule has 0 spiro atoms. The maximum atomic E-state index is 11.9. The van der Waals surface area contributed by atoms with E-state index in [1.54, 1.807) is 13.1 Å². The number of ether oxygens (including phenoxy) is 1. The smallest absolute Gasteiger partial charge is 1.00 e. The maximum Gasteiger partial charge on any atom is 1.00 e. The Kier molecular flexibility index (Phi) is 9.00. The van der Waals surface area contributed by atoms with E-state index >= 15 is 0 Å². The third kappa shape index (κ3) is 5.49. The van der Waals surface area contributed by atoms with E-state index < -0.39 is 0 Å². The Morgan fingerprint density at radius 3 is 2.53 bits per heavy atom. The zero-order valence-electron chi connectivity index (χ0n) is 12.8. The largest absolute Gasteiger partial charge is 1.00 e. The Morgan fingerprint density at radius 2 is 1.95 bits per heavy atom. The van der Waals surface area contributed by atoms with Gasteiger partial charge in [-0.2, -0.15) is 0 Å². The Morgan fingerprint density at radius 1 is 1.32 bits per heavy atom. The standard InChI is InChI=1S/C14H22N2O2.ClH/c1-4-16(5-2)10-11-18-14(17)12-8-6-7-9-13(12)15-3;/h6-9,15H,4-5,10-11H2,1-3H3;1H. The van der Waals surface area contributed by atoms with Crippen LogP contribution in [-0.2, 0) is 4.74 Å². The van der Waals surface area contributed by atoms with Crippen LogP contribution in [-0.4, -0.2) is 44.2 Å². The fourth-order valence-corrected chi connectivity index (χ4v) is 1.76. The summed E-state index contributed by atoms with van der Waals surface area (Å²) in [4.78, 5) is 14.1. The predicted octanol–water partition coefficient (Wildman–Crippen LogP) is -0.657. The minimum absolute atomic E-state index is 0. The van der Waals surface area contributed by atoms with Crippen molar-refractivity contribution in [2.75, 3.05) is 38.6 Å². The van der Waals surface area contributed by atoms with Crippen LogP contribution < -0.4 is 17.7 Å². The second-order valence-electron chi connectivity index (χ2n) is 3.96. The lowest BCUT2D eigenvalue weighted by Crippen LogP contribution is -3.00. The lowest BCUT2D eigenvalue weighted by atomic mass is 10.2. The molecule has 5 heteroatoms. The van der Waals surface area contributed by atoms with Crippen LogP contribution >= 0.6 is 0 Å². The number of anilines is 1. The van der Waals surface area contributed by atoms with Gasteiger partial charge in [0.05, 0.1) is 5.56 Å². The number of esters is 1. The van der Waals surface area contributed by atoms with Gasteiger partial charge >= 0.3 is 7.40 Å². The number of para-hydroxylation sites is 1. The van der Waals surface area contributed by atoms with Crippen LogP contribution in [0.1, 0.15) is 25.6 Å². The zero-order chi connectivity index (χ0) is 13.4. The third-order valence-electron chi connectivity index (χ3n) is 2.95. The van der Waals surface area contributed by atoms with Crippen molar-refractivity contribution in [2.24, 2.45) is 0 Å². The van der Waals surface area contributed by atoms with Crippen LogP contribution in [0.3, 0.4) is 0 Å². The predicted molar refractivity (Wildman–Crippen MR) is 75.2 cm³/mol. The van der Waals surface area contributed by atoms with Crippen molar-refractivity contribution in [2.45, 2.75) is 13.8 Å². The highest BCUT2D eigenvalue weighted by Gasteiger charge is 2.11. The van der Waals surface area contributed by atoms with Gasteiger partial charge in [-0.15, -0.1) is 0 Å². The molecule has 0 aliphatic heterocycles. The number of halogens is 1. The van der Waals surface area contributed by atoms with Crippen LogP contribution in [0.25, 0.3) is 0 Å². The lowest BCUT2D eigenvalue weighted by molar-refractivity contribution is -0.0000228. The fraction of sp³-hybridized carbons (Fsp3) is 0.500. The van der Waals surface area contributed by atoms with Gasteiger partial charge in [0.2, 0.25) is 0 Å². The van der Waals surface area contributed by atoms with Gasteiger partial charge in [0.15, 0.2) is 0 Å². The van der Waals surface area contributed by atoms with Gasteiger partial charge in [0.1, 0.15) is 6.61 Å². The number of nitrogens with zero attached hydrogens (tertiary/aromatic N) is 1. The number of hydrogen-bond donors (Lipinski definition) is 1. The molecule has 0 saturated heterocycles. The fourth-order valence-electron chi connectivity index (χ4n) is 1.76. The van der Waals surface area contributed by atoms with E-state index in [1.807, 2.05) is 18.2 Å². The van der Waals surface area contributed by atoms with Crippen LogP contribution in [0, 0.1) is 0 Å². The van der Waals surface area contributed by atoms with Crippen LogP contribution in [0.2, 0.25) is 0 Å². The molecule has 1 aromatic rings. The number of benzene rings is 1. The number of carbonyl (C=O) groups is 1. The molecular weight excluding hydrogens is 264 g/mol. The summed E-state index contributed by atoms with van der Waals surface area (Å²) in [5.41, 5.74) is 1.38. The number of likely N-dealkylation sites (N-methyl/N-ethyl adjacent to an activating group) is 1. The van der Waals surface area contributed by atoms with Crippen molar-refractivity contribution in [1.82, 2.24) is 4.90 Å². The minimum atomic E-state index is -0.271. The van der Waals surface area contributed by atoms with E-state index in [0.29, 0.717) is 12.2 Å². The summed E-state index contributed by atoms with van der Waals surface area (Å²) in [6, 6.07) is 7.35. The van der Waals surface area contributed by atoms with Gasteiger partial charge in [-0.25, -0.2) is 4.79 Å². The van der Waals surface area contributed by atoms with Gasteiger partial charge in [-0.05, 0) is 25.2 Å². The molecule has 0 atom stereocenters. The van der Waals surface area contributed by atoms with Gasteiger partial charge in [-0.3, -0.25) is 0 Å². The van der Waals surface area contributed by atoms with E-state index in [0.717, 1.165) is 25.3 Å². The number of nitrogens with one attached hydrogen (secondary N) is 1. The topological polar surface area (TPSA) is 41.6 Å². The average molecular weight is 287 g/mol. The molecule has 1 N–H and O–H groups in total. The molecule has 0 radical (unpaired) electrons. The average Bonchev–Trinajstić information content (AvgIpc) is 2.43. The van der Waals surface area contributed by atoms with E-state index in [1.165, 1.54) is 0 Å². The van der Waals surface area contributed by atoms with E-state index in [9.17, 15) is 4.79 Å². The summed E-state index contributed by atoms with van der Waals surface area (Å²) in [7, 11) is 1.79. The van der Waals surface area contributed by atoms with Crippen molar-refractivity contribution in [1.29, 1.82) is 0 Å². The van der Waals surface area contributed by atoms with Crippen molar-refractivity contribution in [3.05, 3.63) is 29.8 Å². The van der Waals surface area contributed by atoms with Gasteiger partial charge in [-0.1, -0.05) is 26.0 Å². The maximum absolute atomic E-state index is 11.9. The first-order valence-electron chi connectivity index (χ1n) is 6.39. The van der Waals surface area contributed by atoms with Crippen molar-refractivity contribution < 1.29 is 23.4 Å². The summed E-state index contributed by atoms with van der Waals surface area (Å²) >= 11 is 0. The second kappa shape index (κ2) is 9.64. The summed E-state index contributed by atoms with van der Waals surface area (Å²) < 4.78 is 5.28. The molecule has 0 aromatic heterocycles. The molecule has 0 aliphatic carbocycles. The molecule has 0 fully saturated rings. The zero-order valence-corrected chi connectivity index (χ0v) is 12.5. The SMILES string of the molecule is CCN(CC)CCOC(=O)c1ccccc1NC.[Cl-].[H+]. The molecule has 4 nitrogen and oxygen atoms in total. The minimum Gasteiger partial charge on any atom is -1.00 e. The van der Waals surface area contributed by atoms with Crippen molar-refractivity contribution >= 4 is 11.7 Å². The molecular formula is C14H23ClN2O2. The Balaban J connectivity index is 0. The monoisotopic (exact) mass is 286 g/mol. The molecule has 0 unspecified atom stereocenters. The Bertz CT molecular complexity index is 387. The molecule has 0 amide bonds. The lowest BCUT2D eigenvalue weighted by Gasteiger charge is -2.17. The summed E-state index contributed by atoms with van der Waals surface area (Å²) in [6.45, 7) is 7.35. The molecule has 1 rings (SSSR count). The summed E-state index contributed by atoms with van der Waals surface area (Å²) in [5.74, 6) is -0.271. The van der Waals surface area contributed by atoms with Crippen LogP contribution in [0.5, 0.6) is 0 Å². The Hall–Kier alpha value is -1.26. The first kappa shape index (κ1) is 17.7. The normalized spacial score (nSPS) is 9.89. The highest BCUT2D eigenvalue weighted by molar-refractivity contribution is 5.95. The number of rotatable bonds is 7. The molecule has 0 bridgehead atoms. The van der Waals surface area contributed by atoms with Gasteiger partial charge in [0, 0.05) is 19.3 Å². The number of hydrogen-bond acceptors (Lipinski definition) is 4. The second-order valence-corrected chi connectivity index (χ2v) is 3.96. The van der Waals surface area contributed by atoms with E-state index in [4.69, 9.17) is 4.74 Å². The molecule has 0 saturated carbocycles. The van der Waals surface area contributed by atoms with Crippen molar-refractivity contribution in [3.8, 4) is 0 Å². The van der Waals surface area contributed by atoms with E-state index in [2.05, 4.69) is 24.1 Å². The van der Waals surface area contributed by atoms with Crippen LogP contribution in [0.4, 0.5) is 5.69 Å². The van der Waals surface area contributed by atoms with Crippen molar-refractivity contribution in [3.63, 3.8) is 0 Å². The van der Waals surface area contributed by atoms with Gasteiger partial charge in [0.25, 0.3) is 0 Å². The van der Waals surface area contributed by atoms with Crippen LogP contribution in [0.15, 0.2) is 24.3 Å². The summed E-state index contributed by atoms with van der Waals surface area (Å²) in [5, 5.41) is 2.99. The Labute approximate surface area is 123 Å². The molecule has 108 valence electrons. The molecule has 1 aromatic carbocycles. The first-order chi connectivity index (χ1) is 8.72. The molecule has 19 heavy (non-hydrogen) atoms. The molecule has 0 heterocycles. The highest BCUT2D eigenvalue weighted by atomic mass is 35.5. The quantitative estimate of drug-likeness (QED) is 0.676. The first-order valence-corrected chi connectivity index (χ1v) is 6.39. The number of carbonyl (C=O) groups excluding carboxylic acids is 1. The third-order valence-corrected chi connectivity index (χ3v) is 2.95. The van der Waals surface area contributed by atoms with E-state index in [-0.39, 0.29) is 19.8 Å². The summed E-state index contributed by atoms with van der Waals surface area (Å²) in [6.07, 6.45) is 0. The molecule has 0 aliphatic rings.